The number of hydrogen-bond acceptors (Lipinski definition) is 4. The summed E-state index contributed by atoms with van der Waals surface area (Å²) in [7, 11) is 0. The summed E-state index contributed by atoms with van der Waals surface area (Å²) in [6.45, 7) is 0. The molecule has 0 spiro atoms. The third-order valence-electron chi connectivity index (χ3n) is 3.78. The fourth-order valence-electron chi connectivity index (χ4n) is 2.61. The number of carbonyl (C=O) groups is 1. The monoisotopic (exact) mass is 318 g/mol. The molecule has 7 heteroatoms. The van der Waals surface area contributed by atoms with Crippen molar-refractivity contribution in [3.05, 3.63) is 47.9 Å². The standard InChI is InChI=1S/C16H16F2N4O/c17-10-5-6-13(12(18)7-10)22-15-8-14(19-9-20-15)16(23)21-11-3-1-2-4-11/h5-9,11H,1-4H2,(H,21,23)(H,19,20,22). The predicted molar refractivity (Wildman–Crippen MR) is 81.4 cm³/mol. The molecule has 1 saturated carbocycles. The van der Waals surface area contributed by atoms with Crippen LogP contribution in [0.5, 0.6) is 0 Å². The van der Waals surface area contributed by atoms with Crippen molar-refractivity contribution in [2.75, 3.05) is 5.32 Å². The summed E-state index contributed by atoms with van der Waals surface area (Å²) in [4.78, 5) is 20.1. The third-order valence-corrected chi connectivity index (χ3v) is 3.78. The molecule has 0 radical (unpaired) electrons. The molecule has 1 amide bonds. The van der Waals surface area contributed by atoms with E-state index in [4.69, 9.17) is 0 Å². The van der Waals surface area contributed by atoms with E-state index in [2.05, 4.69) is 20.6 Å². The van der Waals surface area contributed by atoms with Crippen molar-refractivity contribution in [3.8, 4) is 0 Å². The first-order chi connectivity index (χ1) is 11.1. The number of aromatic nitrogens is 2. The third kappa shape index (κ3) is 3.80. The van der Waals surface area contributed by atoms with E-state index in [0.717, 1.165) is 37.8 Å². The molecular weight excluding hydrogens is 302 g/mol. The molecular formula is C16H16F2N4O. The van der Waals surface area contributed by atoms with E-state index < -0.39 is 11.6 Å². The molecule has 0 unspecified atom stereocenters. The zero-order valence-corrected chi connectivity index (χ0v) is 12.4. The van der Waals surface area contributed by atoms with Gasteiger partial charge >= 0.3 is 0 Å². The average molecular weight is 318 g/mol. The van der Waals surface area contributed by atoms with Crippen LogP contribution in [0.15, 0.2) is 30.6 Å². The van der Waals surface area contributed by atoms with Gasteiger partial charge in [0, 0.05) is 18.2 Å². The Bertz CT molecular complexity index is 717. The van der Waals surface area contributed by atoms with Gasteiger partial charge in [-0.1, -0.05) is 12.8 Å². The van der Waals surface area contributed by atoms with Crippen LogP contribution in [0.4, 0.5) is 20.3 Å². The van der Waals surface area contributed by atoms with Gasteiger partial charge in [0.25, 0.3) is 5.91 Å². The second-order valence-corrected chi connectivity index (χ2v) is 5.49. The smallest absolute Gasteiger partial charge is 0.270 e. The van der Waals surface area contributed by atoms with Crippen LogP contribution in [0.2, 0.25) is 0 Å². The lowest BCUT2D eigenvalue weighted by atomic mass is 10.2. The second kappa shape index (κ2) is 6.68. The van der Waals surface area contributed by atoms with Crippen LogP contribution in [0.1, 0.15) is 36.2 Å². The lowest BCUT2D eigenvalue weighted by molar-refractivity contribution is 0.0932. The van der Waals surface area contributed by atoms with Gasteiger partial charge in [0.1, 0.15) is 29.5 Å². The first-order valence-corrected chi connectivity index (χ1v) is 7.47. The molecule has 2 aromatic rings. The molecule has 3 rings (SSSR count). The molecule has 1 aliphatic rings. The van der Waals surface area contributed by atoms with Crippen LogP contribution in [-0.2, 0) is 0 Å². The van der Waals surface area contributed by atoms with Crippen molar-refractivity contribution in [2.45, 2.75) is 31.7 Å². The zero-order valence-electron chi connectivity index (χ0n) is 12.4. The van der Waals surface area contributed by atoms with Crippen LogP contribution in [0.25, 0.3) is 0 Å². The van der Waals surface area contributed by atoms with Crippen molar-refractivity contribution in [1.82, 2.24) is 15.3 Å². The summed E-state index contributed by atoms with van der Waals surface area (Å²) in [5, 5.41) is 5.64. The molecule has 23 heavy (non-hydrogen) atoms. The Labute approximate surface area is 132 Å². The maximum Gasteiger partial charge on any atom is 0.270 e. The van der Waals surface area contributed by atoms with Gasteiger partial charge in [0.05, 0.1) is 5.69 Å². The number of halogens is 2. The lowest BCUT2D eigenvalue weighted by Crippen LogP contribution is -2.33. The Kier molecular flexibility index (Phi) is 4.45. The Morgan fingerprint density at radius 3 is 2.65 bits per heavy atom. The number of hydrogen-bond donors (Lipinski definition) is 2. The van der Waals surface area contributed by atoms with E-state index in [1.807, 2.05) is 0 Å². The molecule has 5 nitrogen and oxygen atoms in total. The molecule has 1 heterocycles. The fraction of sp³-hybridized carbons (Fsp3) is 0.312. The molecule has 1 fully saturated rings. The SMILES string of the molecule is O=C(NC1CCCC1)c1cc(Nc2ccc(F)cc2F)ncn1. The number of benzene rings is 1. The van der Waals surface area contributed by atoms with Gasteiger partial charge in [0.15, 0.2) is 0 Å². The quantitative estimate of drug-likeness (QED) is 0.908. The van der Waals surface area contributed by atoms with Gasteiger partial charge in [-0.25, -0.2) is 18.7 Å². The number of anilines is 2. The number of amides is 1. The van der Waals surface area contributed by atoms with Gasteiger partial charge in [-0.2, -0.15) is 0 Å². The minimum absolute atomic E-state index is 0.0762. The van der Waals surface area contributed by atoms with Crippen LogP contribution < -0.4 is 10.6 Å². The predicted octanol–water partition coefficient (Wildman–Crippen LogP) is 3.17. The number of nitrogens with one attached hydrogen (secondary N) is 2. The Morgan fingerprint density at radius 1 is 1.13 bits per heavy atom. The van der Waals surface area contributed by atoms with Gasteiger partial charge in [-0.3, -0.25) is 4.79 Å². The average Bonchev–Trinajstić information content (AvgIpc) is 3.03. The second-order valence-electron chi connectivity index (χ2n) is 5.49. The Hall–Kier alpha value is -2.57. The summed E-state index contributed by atoms with van der Waals surface area (Å²) in [5.74, 6) is -1.41. The molecule has 1 aromatic heterocycles. The van der Waals surface area contributed by atoms with Crippen molar-refractivity contribution < 1.29 is 13.6 Å². The first-order valence-electron chi connectivity index (χ1n) is 7.47. The van der Waals surface area contributed by atoms with Gasteiger partial charge in [0.2, 0.25) is 0 Å². The van der Waals surface area contributed by atoms with Crippen LogP contribution >= 0.6 is 0 Å². The number of rotatable bonds is 4. The largest absolute Gasteiger partial charge is 0.348 e. The summed E-state index contributed by atoms with van der Waals surface area (Å²) in [5.41, 5.74) is 0.282. The highest BCUT2D eigenvalue weighted by atomic mass is 19.1. The summed E-state index contributed by atoms with van der Waals surface area (Å²) >= 11 is 0. The highest BCUT2D eigenvalue weighted by Crippen LogP contribution is 2.20. The van der Waals surface area contributed by atoms with Crippen molar-refractivity contribution in [1.29, 1.82) is 0 Å². The Morgan fingerprint density at radius 2 is 1.91 bits per heavy atom. The summed E-state index contributed by atoms with van der Waals surface area (Å²) in [6, 6.07) is 4.80. The van der Waals surface area contributed by atoms with Crippen molar-refractivity contribution in [3.63, 3.8) is 0 Å². The van der Waals surface area contributed by atoms with Gasteiger partial charge < -0.3 is 10.6 Å². The summed E-state index contributed by atoms with van der Waals surface area (Å²) in [6.07, 6.45) is 5.41. The lowest BCUT2D eigenvalue weighted by Gasteiger charge is -2.12. The molecule has 0 saturated heterocycles. The topological polar surface area (TPSA) is 66.9 Å². The van der Waals surface area contributed by atoms with Crippen molar-refractivity contribution in [2.24, 2.45) is 0 Å². The van der Waals surface area contributed by atoms with Crippen LogP contribution in [-0.4, -0.2) is 21.9 Å². The highest BCUT2D eigenvalue weighted by molar-refractivity contribution is 5.93. The maximum atomic E-state index is 13.6. The minimum Gasteiger partial charge on any atom is -0.348 e. The van der Waals surface area contributed by atoms with Crippen LogP contribution in [0, 0.1) is 11.6 Å². The van der Waals surface area contributed by atoms with E-state index in [9.17, 15) is 13.6 Å². The van der Waals surface area contributed by atoms with E-state index in [1.54, 1.807) is 0 Å². The van der Waals surface area contributed by atoms with E-state index >= 15 is 0 Å². The summed E-state index contributed by atoms with van der Waals surface area (Å²) < 4.78 is 26.5. The number of carbonyl (C=O) groups excluding carboxylic acids is 1. The minimum atomic E-state index is -0.736. The molecule has 120 valence electrons. The fourth-order valence-corrected chi connectivity index (χ4v) is 2.61. The Balaban J connectivity index is 1.72. The van der Waals surface area contributed by atoms with Crippen LogP contribution in [0.3, 0.4) is 0 Å². The van der Waals surface area contributed by atoms with Gasteiger partial charge in [-0.15, -0.1) is 0 Å². The highest BCUT2D eigenvalue weighted by Gasteiger charge is 2.19. The van der Waals surface area contributed by atoms with E-state index in [0.29, 0.717) is 0 Å². The van der Waals surface area contributed by atoms with Gasteiger partial charge in [-0.05, 0) is 25.0 Å². The molecule has 1 aromatic carbocycles. The maximum absolute atomic E-state index is 13.6. The number of nitrogens with zero attached hydrogens (tertiary/aromatic N) is 2. The molecule has 0 aliphatic heterocycles. The zero-order chi connectivity index (χ0) is 16.2. The van der Waals surface area contributed by atoms with E-state index in [1.165, 1.54) is 18.5 Å². The molecule has 0 atom stereocenters. The van der Waals surface area contributed by atoms with E-state index in [-0.39, 0.29) is 29.1 Å². The normalized spacial score (nSPS) is 14.7. The van der Waals surface area contributed by atoms with Crippen molar-refractivity contribution >= 4 is 17.4 Å². The molecule has 1 aliphatic carbocycles. The molecule has 0 bridgehead atoms. The molecule has 2 N–H and O–H groups in total. The first kappa shape index (κ1) is 15.3.